The monoisotopic (exact) mass is 318 g/mol. The summed E-state index contributed by atoms with van der Waals surface area (Å²) in [4.78, 5) is 24.0. The van der Waals surface area contributed by atoms with E-state index in [0.29, 0.717) is 12.1 Å². The molecule has 2 aromatic heterocycles. The van der Waals surface area contributed by atoms with Crippen molar-refractivity contribution in [3.05, 3.63) is 34.4 Å². The Morgan fingerprint density at radius 3 is 2.70 bits per heavy atom. The Labute approximate surface area is 134 Å². The Bertz CT molecular complexity index is 809. The quantitative estimate of drug-likeness (QED) is 0.634. The van der Waals surface area contributed by atoms with Crippen LogP contribution in [0, 0.1) is 6.92 Å². The third-order valence-corrected chi connectivity index (χ3v) is 3.32. The molecule has 0 radical (unpaired) electrons. The highest BCUT2D eigenvalue weighted by atomic mass is 16.5. The first kappa shape index (κ1) is 16.9. The first-order chi connectivity index (χ1) is 10.8. The lowest BCUT2D eigenvalue weighted by Crippen LogP contribution is -2.30. The fourth-order valence-corrected chi connectivity index (χ4v) is 2.29. The van der Waals surface area contributed by atoms with Gasteiger partial charge in [-0.25, -0.2) is 9.48 Å². The summed E-state index contributed by atoms with van der Waals surface area (Å²) in [5.74, 6) is -0.432. The van der Waals surface area contributed by atoms with Crippen LogP contribution in [0.2, 0.25) is 0 Å². The summed E-state index contributed by atoms with van der Waals surface area (Å²) >= 11 is 0. The number of carbonyl (C=O) groups is 1. The van der Waals surface area contributed by atoms with E-state index in [4.69, 9.17) is 4.74 Å². The van der Waals surface area contributed by atoms with Gasteiger partial charge in [0.2, 0.25) is 0 Å². The maximum atomic E-state index is 12.7. The van der Waals surface area contributed by atoms with Gasteiger partial charge in [0.15, 0.2) is 0 Å². The van der Waals surface area contributed by atoms with Crippen molar-refractivity contribution >= 4 is 16.9 Å². The molecule has 0 aromatic carbocycles. The van der Waals surface area contributed by atoms with Gasteiger partial charge < -0.3 is 4.74 Å². The fraction of sp³-hybridized carbons (Fsp3) is 0.500. The summed E-state index contributed by atoms with van der Waals surface area (Å²) in [6.07, 6.45) is 4.54. The van der Waals surface area contributed by atoms with Gasteiger partial charge in [-0.3, -0.25) is 9.48 Å². The van der Waals surface area contributed by atoms with Gasteiger partial charge in [-0.1, -0.05) is 6.08 Å². The third-order valence-electron chi connectivity index (χ3n) is 3.32. The van der Waals surface area contributed by atoms with Crippen molar-refractivity contribution in [2.24, 2.45) is 0 Å². The van der Waals surface area contributed by atoms with Crippen LogP contribution < -0.4 is 5.56 Å². The second-order valence-corrected chi connectivity index (χ2v) is 6.22. The summed E-state index contributed by atoms with van der Waals surface area (Å²) in [6.45, 7) is 10.0. The van der Waals surface area contributed by atoms with Gasteiger partial charge in [-0.05, 0) is 34.6 Å². The second-order valence-electron chi connectivity index (χ2n) is 6.22. The predicted octanol–water partition coefficient (Wildman–Crippen LogP) is 1.78. The maximum Gasteiger partial charge on any atom is 0.330 e. The van der Waals surface area contributed by atoms with Crippen LogP contribution in [0.5, 0.6) is 0 Å². The molecule has 7 heteroatoms. The number of allylic oxidation sites excluding steroid dienone is 1. The van der Waals surface area contributed by atoms with Gasteiger partial charge in [0.1, 0.15) is 5.52 Å². The zero-order valence-corrected chi connectivity index (χ0v) is 14.2. The number of nitrogens with zero attached hydrogens (tertiary/aromatic N) is 4. The van der Waals surface area contributed by atoms with Crippen molar-refractivity contribution in [1.29, 1.82) is 0 Å². The number of aromatic nitrogens is 4. The molecular weight excluding hydrogens is 296 g/mol. The lowest BCUT2D eigenvalue weighted by molar-refractivity contribution is -0.137. The summed E-state index contributed by atoms with van der Waals surface area (Å²) in [5, 5.41) is 9.37. The van der Waals surface area contributed by atoms with Crippen molar-refractivity contribution in [2.45, 2.75) is 46.7 Å². The molecule has 0 saturated heterocycles. The third kappa shape index (κ3) is 3.49. The molecule has 0 amide bonds. The molecule has 0 aliphatic rings. The molecule has 0 saturated carbocycles. The average molecular weight is 318 g/mol. The van der Waals surface area contributed by atoms with E-state index in [1.807, 2.05) is 27.7 Å². The summed E-state index contributed by atoms with van der Waals surface area (Å²) < 4.78 is 7.85. The first-order valence-electron chi connectivity index (χ1n) is 7.55. The Balaban J connectivity index is 2.45. The standard InChI is InChI=1S/C16H22N4O3/c1-6-23-13(21)8-7-9-19-15(22)14-12(11(2)18-19)10-17-20(14)16(3,4)5/h7-8,10H,6,9H2,1-5H3/b8-7+. The molecular formula is C16H22N4O3. The molecule has 0 aliphatic heterocycles. The minimum Gasteiger partial charge on any atom is -0.463 e. The van der Waals surface area contributed by atoms with Gasteiger partial charge in [0.25, 0.3) is 5.56 Å². The molecule has 0 atom stereocenters. The SMILES string of the molecule is CCOC(=O)/C=C/Cn1nc(C)c2cnn(C(C)(C)C)c2c1=O. The number of hydrogen-bond donors (Lipinski definition) is 0. The zero-order chi connectivity index (χ0) is 17.2. The normalized spacial score (nSPS) is 12.2. The molecule has 2 rings (SSSR count). The van der Waals surface area contributed by atoms with E-state index in [1.165, 1.54) is 10.8 Å². The van der Waals surface area contributed by atoms with Crippen LogP contribution in [-0.2, 0) is 21.6 Å². The highest BCUT2D eigenvalue weighted by Crippen LogP contribution is 2.20. The van der Waals surface area contributed by atoms with Crippen LogP contribution in [-0.4, -0.2) is 32.1 Å². The van der Waals surface area contributed by atoms with E-state index in [9.17, 15) is 9.59 Å². The Kier molecular flexibility index (Phi) is 4.68. The molecule has 23 heavy (non-hydrogen) atoms. The zero-order valence-electron chi connectivity index (χ0n) is 14.2. The fourth-order valence-electron chi connectivity index (χ4n) is 2.29. The van der Waals surface area contributed by atoms with E-state index < -0.39 is 5.97 Å². The summed E-state index contributed by atoms with van der Waals surface area (Å²) in [6, 6.07) is 0. The van der Waals surface area contributed by atoms with Gasteiger partial charge >= 0.3 is 5.97 Å². The molecule has 2 aromatic rings. The minimum atomic E-state index is -0.432. The minimum absolute atomic E-state index is 0.198. The van der Waals surface area contributed by atoms with Crippen molar-refractivity contribution in [1.82, 2.24) is 19.6 Å². The van der Waals surface area contributed by atoms with Crippen molar-refractivity contribution in [2.75, 3.05) is 6.61 Å². The number of rotatable bonds is 4. The number of aryl methyl sites for hydroxylation is 1. The van der Waals surface area contributed by atoms with E-state index in [1.54, 1.807) is 23.9 Å². The van der Waals surface area contributed by atoms with Gasteiger partial charge in [-0.2, -0.15) is 10.2 Å². The lowest BCUT2D eigenvalue weighted by Gasteiger charge is -2.20. The smallest absolute Gasteiger partial charge is 0.330 e. The first-order valence-corrected chi connectivity index (χ1v) is 7.55. The molecule has 2 heterocycles. The molecule has 0 N–H and O–H groups in total. The molecule has 0 unspecified atom stereocenters. The maximum absolute atomic E-state index is 12.7. The van der Waals surface area contributed by atoms with Gasteiger partial charge in [0.05, 0.1) is 30.6 Å². The van der Waals surface area contributed by atoms with Crippen molar-refractivity contribution in [3.8, 4) is 0 Å². The van der Waals surface area contributed by atoms with Crippen LogP contribution in [0.4, 0.5) is 0 Å². The molecule has 124 valence electrons. The number of ether oxygens (including phenoxy) is 1. The van der Waals surface area contributed by atoms with Crippen LogP contribution in [0.3, 0.4) is 0 Å². The Hall–Kier alpha value is -2.44. The largest absolute Gasteiger partial charge is 0.463 e. The number of fused-ring (bicyclic) bond motifs is 1. The predicted molar refractivity (Wildman–Crippen MR) is 87.3 cm³/mol. The highest BCUT2D eigenvalue weighted by molar-refractivity contribution is 5.82. The molecule has 0 spiro atoms. The van der Waals surface area contributed by atoms with E-state index in [0.717, 1.165) is 11.1 Å². The lowest BCUT2D eigenvalue weighted by atomic mass is 10.1. The molecule has 0 aliphatic carbocycles. The average Bonchev–Trinajstić information content (AvgIpc) is 2.90. The van der Waals surface area contributed by atoms with Crippen LogP contribution in [0.25, 0.3) is 10.9 Å². The van der Waals surface area contributed by atoms with E-state index >= 15 is 0 Å². The molecule has 0 fully saturated rings. The molecule has 7 nitrogen and oxygen atoms in total. The highest BCUT2D eigenvalue weighted by Gasteiger charge is 2.21. The van der Waals surface area contributed by atoms with E-state index in [-0.39, 0.29) is 17.6 Å². The van der Waals surface area contributed by atoms with Crippen LogP contribution in [0.15, 0.2) is 23.1 Å². The number of esters is 1. The van der Waals surface area contributed by atoms with E-state index in [2.05, 4.69) is 10.2 Å². The van der Waals surface area contributed by atoms with Crippen molar-refractivity contribution in [3.63, 3.8) is 0 Å². The van der Waals surface area contributed by atoms with Gasteiger partial charge in [0, 0.05) is 11.5 Å². The number of carbonyl (C=O) groups excluding carboxylic acids is 1. The Morgan fingerprint density at radius 2 is 2.09 bits per heavy atom. The summed E-state index contributed by atoms with van der Waals surface area (Å²) in [5.41, 5.74) is 0.702. The van der Waals surface area contributed by atoms with Gasteiger partial charge in [-0.15, -0.1) is 0 Å². The van der Waals surface area contributed by atoms with Crippen molar-refractivity contribution < 1.29 is 9.53 Å². The van der Waals surface area contributed by atoms with Crippen LogP contribution >= 0.6 is 0 Å². The number of hydrogen-bond acceptors (Lipinski definition) is 5. The Morgan fingerprint density at radius 1 is 1.39 bits per heavy atom. The van der Waals surface area contributed by atoms with Crippen LogP contribution in [0.1, 0.15) is 33.4 Å². The summed E-state index contributed by atoms with van der Waals surface area (Å²) in [7, 11) is 0. The topological polar surface area (TPSA) is 79.0 Å². The second kappa shape index (κ2) is 6.36. The molecule has 0 bridgehead atoms.